The van der Waals surface area contributed by atoms with E-state index in [9.17, 15) is 0 Å². The molecule has 0 aromatic heterocycles. The molecule has 0 atom stereocenters. The molecule has 80 valence electrons. The first kappa shape index (κ1) is 12.8. The highest BCUT2D eigenvalue weighted by Gasteiger charge is 1.94. The minimum Gasteiger partial charge on any atom is -0.317 e. The fraction of sp³-hybridized carbons (Fsp3) is 1.00. The first-order valence-corrected chi connectivity index (χ1v) is 5.80. The Balaban J connectivity index is 0.000000252. The Labute approximate surface area is 79.1 Å². The summed E-state index contributed by atoms with van der Waals surface area (Å²) in [5, 5.41) is 3.39. The largest absolute Gasteiger partial charge is 0.394 e. The van der Waals surface area contributed by atoms with Gasteiger partial charge in [-0.25, -0.2) is 0 Å². The van der Waals surface area contributed by atoms with E-state index in [-0.39, 0.29) is 0 Å². The van der Waals surface area contributed by atoms with Gasteiger partial charge in [-0.2, -0.15) is 8.42 Å². The highest BCUT2D eigenvalue weighted by molar-refractivity contribution is 7.79. The van der Waals surface area contributed by atoms with Crippen molar-refractivity contribution in [2.75, 3.05) is 13.1 Å². The van der Waals surface area contributed by atoms with Gasteiger partial charge >= 0.3 is 10.4 Å². The van der Waals surface area contributed by atoms with Crippen molar-refractivity contribution in [1.82, 2.24) is 5.32 Å². The molecule has 0 amide bonds. The van der Waals surface area contributed by atoms with Crippen molar-refractivity contribution < 1.29 is 17.5 Å². The van der Waals surface area contributed by atoms with Crippen LogP contribution in [-0.4, -0.2) is 30.6 Å². The summed E-state index contributed by atoms with van der Waals surface area (Å²) in [5.74, 6) is 0. The third-order valence-corrected chi connectivity index (χ3v) is 1.71. The third-order valence-electron chi connectivity index (χ3n) is 1.71. The molecule has 3 N–H and O–H groups in total. The summed E-state index contributed by atoms with van der Waals surface area (Å²) in [6, 6.07) is 0. The summed E-state index contributed by atoms with van der Waals surface area (Å²) >= 11 is 0. The number of hydrogen-bond acceptors (Lipinski definition) is 3. The first-order chi connectivity index (χ1) is 6.00. The standard InChI is InChI=1S/C7H15N.H2O4S/c1-2-4-6-8-7-5-3-1;1-5(2,3)4/h8H,1-7H2;(H2,1,2,3,4). The second-order valence-electron chi connectivity index (χ2n) is 2.97. The van der Waals surface area contributed by atoms with Crippen LogP contribution < -0.4 is 5.32 Å². The predicted molar refractivity (Wildman–Crippen MR) is 50.1 cm³/mol. The lowest BCUT2D eigenvalue weighted by atomic mass is 10.1. The molecule has 1 fully saturated rings. The highest BCUT2D eigenvalue weighted by atomic mass is 32.3. The lowest BCUT2D eigenvalue weighted by Crippen LogP contribution is -2.18. The molecule has 1 saturated heterocycles. The van der Waals surface area contributed by atoms with E-state index in [0.29, 0.717) is 0 Å². The molecule has 6 heteroatoms. The first-order valence-electron chi connectivity index (χ1n) is 4.41. The van der Waals surface area contributed by atoms with Crippen LogP contribution in [0.3, 0.4) is 0 Å². The Morgan fingerprint density at radius 1 is 0.846 bits per heavy atom. The maximum atomic E-state index is 8.74. The maximum Gasteiger partial charge on any atom is 0.394 e. The molecule has 0 aromatic carbocycles. The second kappa shape index (κ2) is 7.25. The molecule has 0 spiro atoms. The van der Waals surface area contributed by atoms with Crippen LogP contribution in [0.25, 0.3) is 0 Å². The molecule has 0 aromatic rings. The molecular weight excluding hydrogens is 194 g/mol. The van der Waals surface area contributed by atoms with E-state index in [4.69, 9.17) is 17.5 Å². The van der Waals surface area contributed by atoms with E-state index in [0.717, 1.165) is 0 Å². The second-order valence-corrected chi connectivity index (χ2v) is 3.86. The lowest BCUT2D eigenvalue weighted by molar-refractivity contribution is 0.381. The zero-order valence-corrected chi connectivity index (χ0v) is 8.39. The molecule has 0 aliphatic carbocycles. The quantitative estimate of drug-likeness (QED) is 0.518. The van der Waals surface area contributed by atoms with Gasteiger partial charge in [-0.05, 0) is 25.9 Å². The van der Waals surface area contributed by atoms with E-state index >= 15 is 0 Å². The molecular formula is C7H17NO4S. The monoisotopic (exact) mass is 211 g/mol. The van der Waals surface area contributed by atoms with Crippen molar-refractivity contribution in [3.05, 3.63) is 0 Å². The van der Waals surface area contributed by atoms with Gasteiger partial charge in [-0.3, -0.25) is 9.11 Å². The van der Waals surface area contributed by atoms with Crippen LogP contribution >= 0.6 is 0 Å². The van der Waals surface area contributed by atoms with Crippen LogP contribution in [0.4, 0.5) is 0 Å². The Hall–Kier alpha value is -0.170. The van der Waals surface area contributed by atoms with Crippen LogP contribution in [0.5, 0.6) is 0 Å². The number of hydrogen-bond donors (Lipinski definition) is 3. The van der Waals surface area contributed by atoms with Gasteiger partial charge in [0.2, 0.25) is 0 Å². The fourth-order valence-electron chi connectivity index (χ4n) is 1.16. The minimum atomic E-state index is -4.67. The average Bonchev–Trinajstić information content (AvgIpc) is 1.79. The molecule has 5 nitrogen and oxygen atoms in total. The Morgan fingerprint density at radius 3 is 1.54 bits per heavy atom. The average molecular weight is 211 g/mol. The summed E-state index contributed by atoms with van der Waals surface area (Å²) in [6.45, 7) is 2.50. The van der Waals surface area contributed by atoms with Gasteiger partial charge in [0.05, 0.1) is 0 Å². The van der Waals surface area contributed by atoms with Crippen molar-refractivity contribution in [2.45, 2.75) is 32.1 Å². The van der Waals surface area contributed by atoms with E-state index in [2.05, 4.69) is 5.32 Å². The van der Waals surface area contributed by atoms with Crippen LogP contribution in [0.2, 0.25) is 0 Å². The lowest BCUT2D eigenvalue weighted by Gasteiger charge is -2.08. The summed E-state index contributed by atoms with van der Waals surface area (Å²) in [4.78, 5) is 0. The molecule has 0 radical (unpaired) electrons. The molecule has 0 unspecified atom stereocenters. The molecule has 1 aliphatic rings. The highest BCUT2D eigenvalue weighted by Crippen LogP contribution is 2.03. The summed E-state index contributed by atoms with van der Waals surface area (Å²) < 4.78 is 31.6. The minimum absolute atomic E-state index is 1.25. The van der Waals surface area contributed by atoms with Gasteiger partial charge in [-0.15, -0.1) is 0 Å². The van der Waals surface area contributed by atoms with Gasteiger partial charge in [-0.1, -0.05) is 19.3 Å². The van der Waals surface area contributed by atoms with E-state index in [1.54, 1.807) is 0 Å². The van der Waals surface area contributed by atoms with Gasteiger partial charge in [0.25, 0.3) is 0 Å². The Morgan fingerprint density at radius 2 is 1.15 bits per heavy atom. The molecule has 1 aliphatic heterocycles. The van der Waals surface area contributed by atoms with Crippen molar-refractivity contribution >= 4 is 10.4 Å². The molecule has 1 rings (SSSR count). The number of rotatable bonds is 0. The summed E-state index contributed by atoms with van der Waals surface area (Å²) in [5.41, 5.74) is 0. The van der Waals surface area contributed by atoms with Crippen LogP contribution in [0.1, 0.15) is 32.1 Å². The van der Waals surface area contributed by atoms with E-state index in [1.165, 1.54) is 45.2 Å². The molecule has 0 saturated carbocycles. The Kier molecular flexibility index (Phi) is 7.16. The number of nitrogens with one attached hydrogen (secondary N) is 1. The van der Waals surface area contributed by atoms with Gasteiger partial charge in [0.15, 0.2) is 0 Å². The van der Waals surface area contributed by atoms with E-state index < -0.39 is 10.4 Å². The van der Waals surface area contributed by atoms with Crippen molar-refractivity contribution in [3.63, 3.8) is 0 Å². The maximum absolute atomic E-state index is 8.74. The van der Waals surface area contributed by atoms with Gasteiger partial charge in [0.1, 0.15) is 0 Å². The van der Waals surface area contributed by atoms with Crippen molar-refractivity contribution in [2.24, 2.45) is 0 Å². The summed E-state index contributed by atoms with van der Waals surface area (Å²) in [7, 11) is -4.67. The van der Waals surface area contributed by atoms with Crippen molar-refractivity contribution in [1.29, 1.82) is 0 Å². The predicted octanol–water partition coefficient (Wildman–Crippen LogP) is 0.887. The van der Waals surface area contributed by atoms with Crippen molar-refractivity contribution in [3.8, 4) is 0 Å². The third kappa shape index (κ3) is 18.6. The SMILES string of the molecule is C1CCCNCCC1.O=S(=O)(O)O. The van der Waals surface area contributed by atoms with Crippen LogP contribution in [-0.2, 0) is 10.4 Å². The van der Waals surface area contributed by atoms with Gasteiger partial charge < -0.3 is 5.32 Å². The topological polar surface area (TPSA) is 86.6 Å². The Bertz CT molecular complexity index is 171. The van der Waals surface area contributed by atoms with Crippen LogP contribution in [0.15, 0.2) is 0 Å². The molecule has 1 heterocycles. The van der Waals surface area contributed by atoms with Gasteiger partial charge in [0, 0.05) is 0 Å². The van der Waals surface area contributed by atoms with E-state index in [1.807, 2.05) is 0 Å². The summed E-state index contributed by atoms with van der Waals surface area (Å²) in [6.07, 6.45) is 7.11. The zero-order valence-electron chi connectivity index (χ0n) is 7.57. The molecule has 0 bridgehead atoms. The smallest absolute Gasteiger partial charge is 0.317 e. The zero-order chi connectivity index (χ0) is 10.2. The van der Waals surface area contributed by atoms with Crippen LogP contribution in [0, 0.1) is 0 Å². The molecule has 13 heavy (non-hydrogen) atoms. The fourth-order valence-corrected chi connectivity index (χ4v) is 1.16. The normalized spacial score (nSPS) is 19.2.